The highest BCUT2D eigenvalue weighted by Gasteiger charge is 2.19. The smallest absolute Gasteiger partial charge is 0.242 e. The van der Waals surface area contributed by atoms with Crippen molar-refractivity contribution in [2.75, 3.05) is 20.1 Å². The molecule has 0 spiro atoms. The predicted octanol–water partition coefficient (Wildman–Crippen LogP) is 3.49. The zero-order valence-corrected chi connectivity index (χ0v) is 17.0. The van der Waals surface area contributed by atoms with Crippen LogP contribution in [0.2, 0.25) is 5.02 Å². The number of hydrogen-bond acceptors (Lipinski definition) is 3. The Morgan fingerprint density at radius 2 is 1.70 bits per heavy atom. The summed E-state index contributed by atoms with van der Waals surface area (Å²) in [6.45, 7) is 0.868. The van der Waals surface area contributed by atoms with Crippen LogP contribution in [0.4, 0.5) is 0 Å². The van der Waals surface area contributed by atoms with Crippen LogP contribution in [0.1, 0.15) is 24.8 Å². The molecule has 0 bridgehead atoms. The minimum absolute atomic E-state index is 0.0698. The van der Waals surface area contributed by atoms with Crippen molar-refractivity contribution in [3.63, 3.8) is 0 Å². The number of carbonyl (C=O) groups is 1. The van der Waals surface area contributed by atoms with Crippen LogP contribution in [0.25, 0.3) is 0 Å². The lowest BCUT2D eigenvalue weighted by Gasteiger charge is -2.17. The number of benzene rings is 2. The molecule has 0 atom stereocenters. The maximum absolute atomic E-state index is 12.4. The molecule has 0 aliphatic carbocycles. The molecule has 0 fully saturated rings. The predicted molar refractivity (Wildman–Crippen MR) is 108 cm³/mol. The molecule has 146 valence electrons. The van der Waals surface area contributed by atoms with E-state index in [9.17, 15) is 13.2 Å². The summed E-state index contributed by atoms with van der Waals surface area (Å²) in [4.78, 5) is 12.2. The third-order valence-electron chi connectivity index (χ3n) is 4.23. The highest BCUT2D eigenvalue weighted by molar-refractivity contribution is 7.89. The Labute approximate surface area is 166 Å². The molecule has 27 heavy (non-hydrogen) atoms. The van der Waals surface area contributed by atoms with E-state index in [1.54, 1.807) is 30.3 Å². The van der Waals surface area contributed by atoms with Crippen molar-refractivity contribution < 1.29 is 13.2 Å². The number of nitrogens with one attached hydrogen (secondary N) is 1. The van der Waals surface area contributed by atoms with Gasteiger partial charge in [0.2, 0.25) is 15.9 Å². The highest BCUT2D eigenvalue weighted by Crippen LogP contribution is 2.16. The van der Waals surface area contributed by atoms with E-state index in [0.717, 1.165) is 23.4 Å². The van der Waals surface area contributed by atoms with Crippen molar-refractivity contribution in [2.24, 2.45) is 0 Å². The second kappa shape index (κ2) is 10.4. The quantitative estimate of drug-likeness (QED) is 0.612. The lowest BCUT2D eigenvalue weighted by Crippen LogP contribution is -2.30. The number of nitrogens with zero attached hydrogens (tertiary/aromatic N) is 1. The maximum atomic E-state index is 12.4. The number of amides is 1. The molecule has 2 aromatic carbocycles. The average molecular weight is 409 g/mol. The van der Waals surface area contributed by atoms with Crippen molar-refractivity contribution in [3.05, 3.63) is 65.2 Å². The molecule has 0 aromatic heterocycles. The van der Waals surface area contributed by atoms with E-state index < -0.39 is 10.0 Å². The van der Waals surface area contributed by atoms with E-state index in [1.165, 1.54) is 11.4 Å². The van der Waals surface area contributed by atoms with Gasteiger partial charge in [0.15, 0.2) is 0 Å². The molecule has 0 radical (unpaired) electrons. The summed E-state index contributed by atoms with van der Waals surface area (Å²) in [5.74, 6) is -0.0698. The fourth-order valence-electron chi connectivity index (χ4n) is 2.65. The van der Waals surface area contributed by atoms with Gasteiger partial charge in [0.1, 0.15) is 0 Å². The van der Waals surface area contributed by atoms with E-state index in [-0.39, 0.29) is 10.8 Å². The summed E-state index contributed by atoms with van der Waals surface area (Å²) < 4.78 is 26.1. The summed E-state index contributed by atoms with van der Waals surface area (Å²) in [6.07, 6.45) is 2.37. The van der Waals surface area contributed by atoms with Gasteiger partial charge in [0.05, 0.1) is 4.90 Å². The summed E-state index contributed by atoms with van der Waals surface area (Å²) in [6, 6.07) is 16.0. The molecule has 0 saturated carbocycles. The summed E-state index contributed by atoms with van der Waals surface area (Å²) >= 11 is 6.10. The van der Waals surface area contributed by atoms with Crippen molar-refractivity contribution in [3.8, 4) is 0 Å². The van der Waals surface area contributed by atoms with E-state index in [2.05, 4.69) is 5.32 Å². The van der Waals surface area contributed by atoms with Gasteiger partial charge in [-0.2, -0.15) is 0 Å². The Hall–Kier alpha value is -1.89. The average Bonchev–Trinajstić information content (AvgIpc) is 2.67. The molecule has 0 aliphatic rings. The number of carbonyl (C=O) groups excluding carboxylic acids is 1. The van der Waals surface area contributed by atoms with Crippen molar-refractivity contribution in [2.45, 2.75) is 30.6 Å². The molecule has 0 saturated heterocycles. The van der Waals surface area contributed by atoms with Crippen LogP contribution in [-0.2, 0) is 21.2 Å². The molecule has 7 heteroatoms. The molecule has 2 rings (SSSR count). The van der Waals surface area contributed by atoms with Crippen molar-refractivity contribution in [1.29, 1.82) is 0 Å². The molecule has 5 nitrogen and oxygen atoms in total. The lowest BCUT2D eigenvalue weighted by atomic mass is 10.1. The second-order valence-electron chi connectivity index (χ2n) is 6.29. The monoisotopic (exact) mass is 408 g/mol. The molecule has 1 amide bonds. The summed E-state index contributed by atoms with van der Waals surface area (Å²) in [5.41, 5.74) is 1.07. The Balaban J connectivity index is 1.66. The third kappa shape index (κ3) is 6.65. The Morgan fingerprint density at radius 3 is 2.41 bits per heavy atom. The maximum Gasteiger partial charge on any atom is 0.242 e. The Bertz CT molecular complexity index is 841. The zero-order valence-electron chi connectivity index (χ0n) is 15.4. The molecule has 1 N–H and O–H groups in total. The Kier molecular flexibility index (Phi) is 8.28. The van der Waals surface area contributed by atoms with Gasteiger partial charge in [0, 0.05) is 31.6 Å². The first-order chi connectivity index (χ1) is 12.9. The minimum Gasteiger partial charge on any atom is -0.356 e. The lowest BCUT2D eigenvalue weighted by molar-refractivity contribution is -0.121. The molecular weight excluding hydrogens is 384 g/mol. The number of hydrogen-bond donors (Lipinski definition) is 1. The molecular formula is C20H25ClN2O3S. The van der Waals surface area contributed by atoms with E-state index in [1.807, 2.05) is 24.3 Å². The molecule has 0 unspecified atom stereocenters. The second-order valence-corrected chi connectivity index (χ2v) is 8.74. The normalized spacial score (nSPS) is 11.5. The first-order valence-electron chi connectivity index (χ1n) is 8.93. The molecule has 0 aliphatic heterocycles. The van der Waals surface area contributed by atoms with Gasteiger partial charge in [-0.15, -0.1) is 0 Å². The van der Waals surface area contributed by atoms with Crippen molar-refractivity contribution >= 4 is 27.5 Å². The summed E-state index contributed by atoms with van der Waals surface area (Å²) in [7, 11) is -1.97. The molecule has 0 heterocycles. The van der Waals surface area contributed by atoms with Gasteiger partial charge < -0.3 is 5.32 Å². The number of halogens is 1. The zero-order chi connectivity index (χ0) is 19.7. The SMILES string of the molecule is CN(CCCC(=O)NCCCc1ccccc1Cl)S(=O)(=O)c1ccccc1. The van der Waals surface area contributed by atoms with E-state index in [4.69, 9.17) is 11.6 Å². The fourth-order valence-corrected chi connectivity index (χ4v) is 4.11. The largest absolute Gasteiger partial charge is 0.356 e. The van der Waals surface area contributed by atoms with E-state index >= 15 is 0 Å². The van der Waals surface area contributed by atoms with Gasteiger partial charge in [-0.25, -0.2) is 12.7 Å². The van der Waals surface area contributed by atoms with Crippen LogP contribution < -0.4 is 5.32 Å². The number of rotatable bonds is 10. The topological polar surface area (TPSA) is 66.5 Å². The van der Waals surface area contributed by atoms with Crippen LogP contribution in [0.3, 0.4) is 0 Å². The number of aryl methyl sites for hydroxylation is 1. The van der Waals surface area contributed by atoms with Crippen LogP contribution in [0.5, 0.6) is 0 Å². The molecule has 2 aromatic rings. The van der Waals surface area contributed by atoms with E-state index in [0.29, 0.717) is 25.9 Å². The van der Waals surface area contributed by atoms with Crippen LogP contribution >= 0.6 is 11.6 Å². The van der Waals surface area contributed by atoms with Gasteiger partial charge in [0.25, 0.3) is 0 Å². The van der Waals surface area contributed by atoms with Crippen LogP contribution in [0.15, 0.2) is 59.5 Å². The van der Waals surface area contributed by atoms with Crippen molar-refractivity contribution in [1.82, 2.24) is 9.62 Å². The third-order valence-corrected chi connectivity index (χ3v) is 6.47. The Morgan fingerprint density at radius 1 is 1.04 bits per heavy atom. The van der Waals surface area contributed by atoms with Crippen LogP contribution in [-0.4, -0.2) is 38.8 Å². The van der Waals surface area contributed by atoms with Crippen LogP contribution in [0, 0.1) is 0 Å². The van der Waals surface area contributed by atoms with Gasteiger partial charge in [-0.3, -0.25) is 4.79 Å². The highest BCUT2D eigenvalue weighted by atomic mass is 35.5. The van der Waals surface area contributed by atoms with Gasteiger partial charge in [-0.1, -0.05) is 48.0 Å². The summed E-state index contributed by atoms with van der Waals surface area (Å²) in [5, 5.41) is 3.61. The van der Waals surface area contributed by atoms with Gasteiger partial charge in [-0.05, 0) is 43.0 Å². The number of sulfonamides is 1. The standard InChI is InChI=1S/C20H25ClN2O3S/c1-23(27(25,26)18-11-3-2-4-12-18)16-8-14-20(24)22-15-7-10-17-9-5-6-13-19(17)21/h2-6,9,11-13H,7-8,10,14-16H2,1H3,(H,22,24). The van der Waals surface area contributed by atoms with Gasteiger partial charge >= 0.3 is 0 Å². The fraction of sp³-hybridized carbons (Fsp3) is 0.350. The first-order valence-corrected chi connectivity index (χ1v) is 10.7. The minimum atomic E-state index is -3.50. The first kappa shape index (κ1) is 21.4.